The highest BCUT2D eigenvalue weighted by Crippen LogP contribution is 2.19. The fraction of sp³-hybridized carbons (Fsp3) is 0. The predicted molar refractivity (Wildman–Crippen MR) is 79.7 cm³/mol. The van der Waals surface area contributed by atoms with Crippen molar-refractivity contribution in [3.8, 4) is 0 Å². The molecule has 110 valence electrons. The van der Waals surface area contributed by atoms with E-state index in [-0.39, 0.29) is 10.0 Å². The quantitative estimate of drug-likeness (QED) is 0.746. The molecule has 7 nitrogen and oxygen atoms in total. The summed E-state index contributed by atoms with van der Waals surface area (Å²) >= 11 is 5.67. The standard InChI is InChI=1S/C12H11ClN4O3S/c13-11-7-10(5-6-15-11)21(19,20)17-9-3-1-8(2-4-9)16-12(14)18/h1-7,17H,(H3,14,16,18). The van der Waals surface area contributed by atoms with Crippen LogP contribution < -0.4 is 15.8 Å². The van der Waals surface area contributed by atoms with Crippen molar-refractivity contribution in [2.75, 3.05) is 10.0 Å². The molecule has 0 atom stereocenters. The molecule has 0 unspecified atom stereocenters. The first-order valence-electron chi connectivity index (χ1n) is 5.68. The molecule has 4 N–H and O–H groups in total. The highest BCUT2D eigenvalue weighted by Gasteiger charge is 2.14. The number of rotatable bonds is 4. The molecule has 9 heteroatoms. The van der Waals surface area contributed by atoms with E-state index in [9.17, 15) is 13.2 Å². The van der Waals surface area contributed by atoms with Crippen molar-refractivity contribution in [1.29, 1.82) is 0 Å². The van der Waals surface area contributed by atoms with Crippen molar-refractivity contribution in [1.82, 2.24) is 4.98 Å². The molecule has 0 radical (unpaired) electrons. The van der Waals surface area contributed by atoms with Gasteiger partial charge in [-0.15, -0.1) is 0 Å². The number of nitrogens with one attached hydrogen (secondary N) is 2. The van der Waals surface area contributed by atoms with E-state index in [0.29, 0.717) is 11.4 Å². The van der Waals surface area contributed by atoms with Gasteiger partial charge in [-0.05, 0) is 36.4 Å². The number of nitrogens with two attached hydrogens (primary N) is 1. The van der Waals surface area contributed by atoms with Gasteiger partial charge in [0.2, 0.25) is 0 Å². The number of benzene rings is 1. The van der Waals surface area contributed by atoms with E-state index in [0.717, 1.165) is 0 Å². The van der Waals surface area contributed by atoms with E-state index in [4.69, 9.17) is 17.3 Å². The van der Waals surface area contributed by atoms with Crippen LogP contribution in [0.2, 0.25) is 5.15 Å². The first-order valence-corrected chi connectivity index (χ1v) is 7.54. The van der Waals surface area contributed by atoms with Gasteiger partial charge in [-0.3, -0.25) is 4.72 Å². The molecule has 1 aromatic heterocycles. The molecule has 0 spiro atoms. The third-order valence-electron chi connectivity index (χ3n) is 2.41. The molecule has 2 amide bonds. The summed E-state index contributed by atoms with van der Waals surface area (Å²) in [7, 11) is -3.76. The Labute approximate surface area is 126 Å². The molecule has 2 rings (SSSR count). The number of aromatic nitrogens is 1. The summed E-state index contributed by atoms with van der Waals surface area (Å²) in [5, 5.41) is 2.45. The lowest BCUT2D eigenvalue weighted by atomic mass is 10.3. The lowest BCUT2D eigenvalue weighted by Gasteiger charge is -2.09. The first-order chi connectivity index (χ1) is 9.87. The van der Waals surface area contributed by atoms with Gasteiger partial charge in [0.25, 0.3) is 10.0 Å². The number of hydrogen-bond donors (Lipinski definition) is 3. The molecule has 0 bridgehead atoms. The molecule has 0 saturated carbocycles. The second-order valence-corrected chi connectivity index (χ2v) is 6.06. The number of nitrogens with zero attached hydrogens (tertiary/aromatic N) is 1. The minimum absolute atomic E-state index is 0.00170. The van der Waals surface area contributed by atoms with E-state index in [1.54, 1.807) is 0 Å². The topological polar surface area (TPSA) is 114 Å². The van der Waals surface area contributed by atoms with Crippen LogP contribution >= 0.6 is 11.6 Å². The molecule has 0 fully saturated rings. The van der Waals surface area contributed by atoms with Crippen LogP contribution in [0, 0.1) is 0 Å². The monoisotopic (exact) mass is 326 g/mol. The number of halogens is 1. The largest absolute Gasteiger partial charge is 0.351 e. The summed E-state index contributed by atoms with van der Waals surface area (Å²) in [5.74, 6) is 0. The molecular formula is C12H11ClN4O3S. The number of amides is 2. The highest BCUT2D eigenvalue weighted by molar-refractivity contribution is 7.92. The Hall–Kier alpha value is -2.32. The second kappa shape index (κ2) is 5.98. The highest BCUT2D eigenvalue weighted by atomic mass is 35.5. The number of anilines is 2. The number of sulfonamides is 1. The Morgan fingerprint density at radius 2 is 1.76 bits per heavy atom. The Morgan fingerprint density at radius 3 is 2.33 bits per heavy atom. The smallest absolute Gasteiger partial charge is 0.316 e. The van der Waals surface area contributed by atoms with Crippen molar-refractivity contribution in [3.63, 3.8) is 0 Å². The summed E-state index contributed by atoms with van der Waals surface area (Å²) in [5.41, 5.74) is 5.76. The average Bonchev–Trinajstić information content (AvgIpc) is 2.40. The van der Waals surface area contributed by atoms with E-state index < -0.39 is 16.1 Å². The van der Waals surface area contributed by atoms with Gasteiger partial charge in [0.05, 0.1) is 4.90 Å². The number of primary amides is 1. The van der Waals surface area contributed by atoms with Crippen LogP contribution in [0.4, 0.5) is 16.2 Å². The SMILES string of the molecule is NC(=O)Nc1ccc(NS(=O)(=O)c2ccnc(Cl)c2)cc1. The molecule has 21 heavy (non-hydrogen) atoms. The third kappa shape index (κ3) is 4.07. The fourth-order valence-electron chi connectivity index (χ4n) is 1.53. The number of hydrogen-bond acceptors (Lipinski definition) is 4. The number of carbonyl (C=O) groups is 1. The minimum Gasteiger partial charge on any atom is -0.351 e. The van der Waals surface area contributed by atoms with Crippen LogP contribution in [-0.2, 0) is 10.0 Å². The number of pyridine rings is 1. The van der Waals surface area contributed by atoms with Gasteiger partial charge < -0.3 is 11.1 Å². The fourth-order valence-corrected chi connectivity index (χ4v) is 2.84. The van der Waals surface area contributed by atoms with Gasteiger partial charge in [0.15, 0.2) is 0 Å². The Balaban J connectivity index is 2.19. The van der Waals surface area contributed by atoms with Crippen molar-refractivity contribution in [2.45, 2.75) is 4.90 Å². The zero-order valence-electron chi connectivity index (χ0n) is 10.6. The Kier molecular flexibility index (Phi) is 4.29. The van der Waals surface area contributed by atoms with E-state index in [1.807, 2.05) is 0 Å². The Bertz CT molecular complexity index is 762. The zero-order chi connectivity index (χ0) is 15.5. The molecule has 0 aliphatic carbocycles. The maximum Gasteiger partial charge on any atom is 0.316 e. The van der Waals surface area contributed by atoms with E-state index in [1.165, 1.54) is 42.6 Å². The second-order valence-electron chi connectivity index (χ2n) is 3.99. The minimum atomic E-state index is -3.76. The van der Waals surface area contributed by atoms with Gasteiger partial charge in [-0.2, -0.15) is 0 Å². The molecule has 0 aliphatic rings. The molecule has 1 aromatic carbocycles. The normalized spacial score (nSPS) is 10.9. The average molecular weight is 327 g/mol. The van der Waals surface area contributed by atoms with Crippen molar-refractivity contribution in [3.05, 3.63) is 47.7 Å². The molecule has 2 aromatic rings. The summed E-state index contributed by atoms with van der Waals surface area (Å²) in [4.78, 5) is 14.4. The van der Waals surface area contributed by atoms with Gasteiger partial charge in [-0.1, -0.05) is 11.6 Å². The van der Waals surface area contributed by atoms with Gasteiger partial charge in [0, 0.05) is 17.6 Å². The van der Waals surface area contributed by atoms with Crippen molar-refractivity contribution < 1.29 is 13.2 Å². The van der Waals surface area contributed by atoms with Gasteiger partial charge in [0.1, 0.15) is 5.15 Å². The van der Waals surface area contributed by atoms with E-state index in [2.05, 4.69) is 15.0 Å². The maximum absolute atomic E-state index is 12.1. The van der Waals surface area contributed by atoms with Crippen LogP contribution in [0.5, 0.6) is 0 Å². The first kappa shape index (κ1) is 15.1. The summed E-state index contributed by atoms with van der Waals surface area (Å²) < 4.78 is 26.6. The lowest BCUT2D eigenvalue weighted by Crippen LogP contribution is -2.19. The van der Waals surface area contributed by atoms with Crippen LogP contribution in [-0.4, -0.2) is 19.4 Å². The van der Waals surface area contributed by atoms with Crippen LogP contribution in [0.1, 0.15) is 0 Å². The third-order valence-corrected chi connectivity index (χ3v) is 4.00. The van der Waals surface area contributed by atoms with Crippen LogP contribution in [0.15, 0.2) is 47.5 Å². The molecular weight excluding hydrogens is 316 g/mol. The Morgan fingerprint density at radius 1 is 1.14 bits per heavy atom. The lowest BCUT2D eigenvalue weighted by molar-refractivity contribution is 0.259. The van der Waals surface area contributed by atoms with Gasteiger partial charge in [-0.25, -0.2) is 18.2 Å². The van der Waals surface area contributed by atoms with E-state index >= 15 is 0 Å². The van der Waals surface area contributed by atoms with Crippen molar-refractivity contribution in [2.24, 2.45) is 5.73 Å². The predicted octanol–water partition coefficient (Wildman–Crippen LogP) is 2.03. The van der Waals surface area contributed by atoms with Crippen molar-refractivity contribution >= 4 is 39.0 Å². The van der Waals surface area contributed by atoms with Crippen LogP contribution in [0.3, 0.4) is 0 Å². The number of urea groups is 1. The molecule has 0 saturated heterocycles. The molecule has 1 heterocycles. The summed E-state index contributed by atoms with van der Waals surface area (Å²) in [6.45, 7) is 0. The number of carbonyl (C=O) groups excluding carboxylic acids is 1. The molecule has 0 aliphatic heterocycles. The summed E-state index contributed by atoms with van der Waals surface area (Å²) in [6, 6.07) is 7.89. The zero-order valence-corrected chi connectivity index (χ0v) is 12.1. The maximum atomic E-state index is 12.1. The van der Waals surface area contributed by atoms with Gasteiger partial charge >= 0.3 is 6.03 Å². The van der Waals surface area contributed by atoms with Crippen LogP contribution in [0.25, 0.3) is 0 Å². The summed E-state index contributed by atoms with van der Waals surface area (Å²) in [6.07, 6.45) is 1.30.